The number of hydrogen-bond acceptors (Lipinski definition) is 2. The van der Waals surface area contributed by atoms with E-state index in [1.54, 1.807) is 0 Å². The zero-order chi connectivity index (χ0) is 11.7. The minimum absolute atomic E-state index is 0.247. The fourth-order valence-electron chi connectivity index (χ4n) is 2.95. The lowest BCUT2D eigenvalue weighted by molar-refractivity contribution is -0.188. The third-order valence-electron chi connectivity index (χ3n) is 3.22. The number of carbonyl (C=O) groups excluding carboxylic acids is 1. The summed E-state index contributed by atoms with van der Waals surface area (Å²) in [5, 5.41) is 9.59. The van der Waals surface area contributed by atoms with Crippen molar-refractivity contribution in [2.45, 2.75) is 52.6 Å². The van der Waals surface area contributed by atoms with E-state index in [2.05, 4.69) is 0 Å². The first kappa shape index (κ1) is 12.5. The van der Waals surface area contributed by atoms with Crippen LogP contribution in [0.15, 0.2) is 0 Å². The normalized spacial score (nSPS) is 24.7. The van der Waals surface area contributed by atoms with Crippen molar-refractivity contribution in [1.29, 1.82) is 0 Å². The van der Waals surface area contributed by atoms with Gasteiger partial charge in [-0.25, -0.2) is 0 Å². The van der Waals surface area contributed by atoms with Crippen molar-refractivity contribution in [1.82, 2.24) is 4.90 Å². The zero-order valence-electron chi connectivity index (χ0n) is 10.3. The zero-order valence-corrected chi connectivity index (χ0v) is 10.3. The lowest BCUT2D eigenvalue weighted by Crippen LogP contribution is -2.68. The van der Waals surface area contributed by atoms with Gasteiger partial charge in [0.25, 0.3) is 0 Å². The molecule has 0 radical (unpaired) electrons. The first-order chi connectivity index (χ1) is 6.96. The quantitative estimate of drug-likeness (QED) is 0.721. The molecule has 1 saturated carbocycles. The Labute approximate surface area is 92.5 Å². The summed E-state index contributed by atoms with van der Waals surface area (Å²) >= 11 is 0. The molecule has 0 atom stereocenters. The predicted molar refractivity (Wildman–Crippen MR) is 60.5 cm³/mol. The van der Waals surface area contributed by atoms with Gasteiger partial charge in [-0.3, -0.25) is 4.79 Å². The van der Waals surface area contributed by atoms with Crippen LogP contribution in [-0.4, -0.2) is 34.6 Å². The summed E-state index contributed by atoms with van der Waals surface area (Å²) < 4.78 is 0. The molecule has 1 amide bonds. The number of carbonyl (C=O) groups is 1. The second-order valence-corrected chi connectivity index (χ2v) is 4.95. The van der Waals surface area contributed by atoms with Gasteiger partial charge in [-0.2, -0.15) is 0 Å². The number of likely N-dealkylation sites (tertiary alicyclic amines) is 1. The molecule has 0 aromatic carbocycles. The van der Waals surface area contributed by atoms with E-state index in [0.29, 0.717) is 6.42 Å². The van der Waals surface area contributed by atoms with E-state index in [1.165, 1.54) is 0 Å². The second kappa shape index (κ2) is 4.12. The van der Waals surface area contributed by atoms with E-state index < -0.39 is 5.60 Å². The monoisotopic (exact) mass is 213 g/mol. The van der Waals surface area contributed by atoms with Gasteiger partial charge < -0.3 is 10.0 Å². The van der Waals surface area contributed by atoms with Gasteiger partial charge in [0.2, 0.25) is 5.91 Å². The summed E-state index contributed by atoms with van der Waals surface area (Å²) in [6, 6.07) is 0. The number of aliphatic hydroxyl groups is 1. The number of nitrogens with zero attached hydrogens (tertiary/aromatic N) is 1. The minimum Gasteiger partial charge on any atom is -0.390 e. The van der Waals surface area contributed by atoms with E-state index in [1.807, 2.05) is 32.6 Å². The van der Waals surface area contributed by atoms with Crippen molar-refractivity contribution in [3.05, 3.63) is 0 Å². The average molecular weight is 213 g/mol. The molecule has 2 fully saturated rings. The minimum atomic E-state index is -0.457. The van der Waals surface area contributed by atoms with Gasteiger partial charge in [-0.05, 0) is 19.8 Å². The standard InChI is InChI=1S/C10H17NO2.C2H6/c1-3-8(12)11-6-10(7-11)4-9(2,13)5-10;1-2/h13H,3-7H2,1-2H3;1-2H3. The lowest BCUT2D eigenvalue weighted by Gasteiger charge is -2.61. The van der Waals surface area contributed by atoms with Gasteiger partial charge >= 0.3 is 0 Å². The maximum atomic E-state index is 11.2. The Hall–Kier alpha value is -0.570. The molecule has 88 valence electrons. The fraction of sp³-hybridized carbons (Fsp3) is 0.917. The summed E-state index contributed by atoms with van der Waals surface area (Å²) in [5.41, 5.74) is -0.171. The Morgan fingerprint density at radius 2 is 1.80 bits per heavy atom. The predicted octanol–water partition coefficient (Wildman–Crippen LogP) is 1.80. The summed E-state index contributed by atoms with van der Waals surface area (Å²) in [5.74, 6) is 0.247. The number of amides is 1. The molecule has 0 aromatic rings. The Balaban J connectivity index is 0.000000531. The van der Waals surface area contributed by atoms with Crippen LogP contribution in [0.1, 0.15) is 47.0 Å². The second-order valence-electron chi connectivity index (χ2n) is 4.95. The first-order valence-electron chi connectivity index (χ1n) is 5.97. The molecule has 0 bridgehead atoms. The van der Waals surface area contributed by atoms with Crippen LogP contribution in [0.2, 0.25) is 0 Å². The summed E-state index contributed by atoms with van der Waals surface area (Å²) in [6.45, 7) is 9.51. The molecule has 1 spiro atoms. The highest BCUT2D eigenvalue weighted by molar-refractivity contribution is 5.77. The molecular weight excluding hydrogens is 190 g/mol. The van der Waals surface area contributed by atoms with Crippen molar-refractivity contribution in [2.24, 2.45) is 5.41 Å². The summed E-state index contributed by atoms with van der Waals surface area (Å²) in [7, 11) is 0. The molecule has 1 aliphatic carbocycles. The first-order valence-corrected chi connectivity index (χ1v) is 5.97. The van der Waals surface area contributed by atoms with E-state index in [9.17, 15) is 9.90 Å². The van der Waals surface area contributed by atoms with Crippen LogP contribution < -0.4 is 0 Å². The van der Waals surface area contributed by atoms with Crippen molar-refractivity contribution in [3.63, 3.8) is 0 Å². The molecule has 1 N–H and O–H groups in total. The van der Waals surface area contributed by atoms with E-state index >= 15 is 0 Å². The van der Waals surface area contributed by atoms with Gasteiger partial charge in [-0.1, -0.05) is 20.8 Å². The highest BCUT2D eigenvalue weighted by Crippen LogP contribution is 2.53. The van der Waals surface area contributed by atoms with Gasteiger partial charge in [-0.15, -0.1) is 0 Å². The van der Waals surface area contributed by atoms with Crippen LogP contribution in [-0.2, 0) is 4.79 Å². The average Bonchev–Trinajstić information content (AvgIpc) is 2.12. The number of hydrogen-bond donors (Lipinski definition) is 1. The summed E-state index contributed by atoms with van der Waals surface area (Å²) in [4.78, 5) is 13.1. The van der Waals surface area contributed by atoms with Crippen LogP contribution >= 0.6 is 0 Å². The molecule has 1 heterocycles. The molecule has 15 heavy (non-hydrogen) atoms. The molecule has 3 heteroatoms. The molecule has 3 nitrogen and oxygen atoms in total. The van der Waals surface area contributed by atoms with Crippen LogP contribution in [0.3, 0.4) is 0 Å². The van der Waals surface area contributed by atoms with Crippen LogP contribution in [0, 0.1) is 5.41 Å². The van der Waals surface area contributed by atoms with Crippen LogP contribution in [0.5, 0.6) is 0 Å². The Morgan fingerprint density at radius 3 is 2.13 bits per heavy atom. The highest BCUT2D eigenvalue weighted by Gasteiger charge is 2.57. The largest absolute Gasteiger partial charge is 0.390 e. The van der Waals surface area contributed by atoms with Crippen molar-refractivity contribution >= 4 is 5.91 Å². The Bertz CT molecular complexity index is 232. The van der Waals surface area contributed by atoms with E-state index in [-0.39, 0.29) is 11.3 Å². The topological polar surface area (TPSA) is 40.5 Å². The third kappa shape index (κ3) is 2.33. The lowest BCUT2D eigenvalue weighted by atomic mass is 9.56. The molecule has 2 aliphatic rings. The molecule has 0 aromatic heterocycles. The molecular formula is C12H23NO2. The maximum Gasteiger partial charge on any atom is 0.222 e. The highest BCUT2D eigenvalue weighted by atomic mass is 16.3. The van der Waals surface area contributed by atoms with Gasteiger partial charge in [0.05, 0.1) is 5.60 Å². The fourth-order valence-corrected chi connectivity index (χ4v) is 2.95. The van der Waals surface area contributed by atoms with Gasteiger partial charge in [0.1, 0.15) is 0 Å². The molecule has 1 aliphatic heterocycles. The SMILES string of the molecule is CC.CCC(=O)N1CC2(C1)CC(C)(O)C2. The Kier molecular flexibility index (Phi) is 3.44. The molecule has 0 unspecified atom stereocenters. The van der Waals surface area contributed by atoms with Gasteiger partial charge in [0.15, 0.2) is 0 Å². The molecule has 1 saturated heterocycles. The maximum absolute atomic E-state index is 11.2. The Morgan fingerprint density at radius 1 is 1.33 bits per heavy atom. The van der Waals surface area contributed by atoms with Crippen LogP contribution in [0.25, 0.3) is 0 Å². The third-order valence-corrected chi connectivity index (χ3v) is 3.22. The molecule has 2 rings (SSSR count). The summed E-state index contributed by atoms with van der Waals surface area (Å²) in [6.07, 6.45) is 2.34. The van der Waals surface area contributed by atoms with Crippen LogP contribution in [0.4, 0.5) is 0 Å². The van der Waals surface area contributed by atoms with E-state index in [0.717, 1.165) is 25.9 Å². The van der Waals surface area contributed by atoms with Crippen molar-refractivity contribution in [3.8, 4) is 0 Å². The van der Waals surface area contributed by atoms with E-state index in [4.69, 9.17) is 0 Å². The van der Waals surface area contributed by atoms with Crippen molar-refractivity contribution < 1.29 is 9.90 Å². The smallest absolute Gasteiger partial charge is 0.222 e. The van der Waals surface area contributed by atoms with Gasteiger partial charge in [0, 0.05) is 24.9 Å². The number of rotatable bonds is 1. The van der Waals surface area contributed by atoms with Crippen molar-refractivity contribution in [2.75, 3.05) is 13.1 Å².